The second-order valence-corrected chi connectivity index (χ2v) is 7.50. The fourth-order valence-corrected chi connectivity index (χ4v) is 3.42. The topological polar surface area (TPSA) is 61.2 Å². The number of rotatable bonds is 4. The highest BCUT2D eigenvalue weighted by molar-refractivity contribution is 7.98. The second kappa shape index (κ2) is 8.28. The smallest absolute Gasteiger partial charge is 0.269 e. The lowest BCUT2D eigenvalue weighted by molar-refractivity contribution is -0.141. The highest BCUT2D eigenvalue weighted by Gasteiger charge is 2.35. The minimum absolute atomic E-state index is 0.0127. The predicted molar refractivity (Wildman–Crippen MR) is 111 cm³/mol. The second-order valence-electron chi connectivity index (χ2n) is 6.63. The minimum atomic E-state index is -0.541. The molecule has 140 valence electrons. The molecule has 0 aromatic heterocycles. The Balaban J connectivity index is 2.01. The van der Waals surface area contributed by atoms with Gasteiger partial charge in [-0.1, -0.05) is 42.0 Å². The number of imide groups is 1. The normalized spacial score (nSPS) is 15.9. The van der Waals surface area contributed by atoms with Crippen LogP contribution in [0.25, 0.3) is 6.08 Å². The third-order valence-corrected chi connectivity index (χ3v) is 5.46. The summed E-state index contributed by atoms with van der Waals surface area (Å²) in [6.07, 6.45) is 3.74. The van der Waals surface area contributed by atoms with Crippen molar-refractivity contribution in [1.82, 2.24) is 4.90 Å². The van der Waals surface area contributed by atoms with Gasteiger partial charge in [0.2, 0.25) is 0 Å². The van der Waals surface area contributed by atoms with Crippen LogP contribution in [0.5, 0.6) is 0 Å². The Kier molecular flexibility index (Phi) is 5.81. The Morgan fingerprint density at radius 1 is 1.00 bits per heavy atom. The van der Waals surface area contributed by atoms with Crippen molar-refractivity contribution in [2.24, 2.45) is 0 Å². The summed E-state index contributed by atoms with van der Waals surface area (Å²) in [6.45, 7) is 3.77. The van der Waals surface area contributed by atoms with Crippen molar-refractivity contribution in [2.75, 3.05) is 6.26 Å². The number of nitrogens with zero attached hydrogens (tertiary/aromatic N) is 2. The summed E-state index contributed by atoms with van der Waals surface area (Å²) in [5.41, 5.74) is 3.60. The van der Waals surface area contributed by atoms with Crippen molar-refractivity contribution in [2.45, 2.75) is 25.3 Å². The Bertz CT molecular complexity index is 1030. The van der Waals surface area contributed by atoms with Gasteiger partial charge < -0.3 is 0 Å². The van der Waals surface area contributed by atoms with E-state index in [-0.39, 0.29) is 18.0 Å². The van der Waals surface area contributed by atoms with Gasteiger partial charge in [-0.05, 0) is 55.0 Å². The highest BCUT2D eigenvalue weighted by Crippen LogP contribution is 2.28. The van der Waals surface area contributed by atoms with Crippen LogP contribution in [0.4, 0.5) is 0 Å². The van der Waals surface area contributed by atoms with E-state index in [0.29, 0.717) is 11.1 Å². The van der Waals surface area contributed by atoms with Crippen LogP contribution in [-0.2, 0) is 16.1 Å². The molecule has 0 bridgehead atoms. The van der Waals surface area contributed by atoms with E-state index in [1.54, 1.807) is 24.8 Å². The van der Waals surface area contributed by atoms with E-state index in [9.17, 15) is 14.9 Å². The summed E-state index contributed by atoms with van der Waals surface area (Å²) < 4.78 is 0. The molecule has 0 radical (unpaired) electrons. The van der Waals surface area contributed by atoms with Crippen LogP contribution in [0.15, 0.2) is 70.1 Å². The van der Waals surface area contributed by atoms with E-state index in [0.717, 1.165) is 26.5 Å². The zero-order valence-electron chi connectivity index (χ0n) is 16.0. The molecule has 1 aliphatic rings. The van der Waals surface area contributed by atoms with Crippen molar-refractivity contribution in [3.05, 3.63) is 81.9 Å². The van der Waals surface area contributed by atoms with E-state index in [4.69, 9.17) is 0 Å². The van der Waals surface area contributed by atoms with E-state index >= 15 is 0 Å². The third kappa shape index (κ3) is 3.92. The van der Waals surface area contributed by atoms with Gasteiger partial charge in [-0.15, -0.1) is 11.8 Å². The number of hydrogen-bond acceptors (Lipinski definition) is 4. The lowest BCUT2D eigenvalue weighted by atomic mass is 9.93. The zero-order chi connectivity index (χ0) is 20.3. The van der Waals surface area contributed by atoms with Crippen LogP contribution in [0.2, 0.25) is 0 Å². The van der Waals surface area contributed by atoms with Gasteiger partial charge in [0.05, 0.1) is 6.54 Å². The van der Waals surface area contributed by atoms with Crippen LogP contribution < -0.4 is 0 Å². The van der Waals surface area contributed by atoms with Gasteiger partial charge >= 0.3 is 0 Å². The summed E-state index contributed by atoms with van der Waals surface area (Å²) in [5.74, 6) is -0.920. The number of hydrogen-bond donors (Lipinski definition) is 0. The van der Waals surface area contributed by atoms with Gasteiger partial charge in [-0.3, -0.25) is 14.5 Å². The van der Waals surface area contributed by atoms with Gasteiger partial charge in [-0.2, -0.15) is 5.26 Å². The predicted octanol–water partition coefficient (Wildman–Crippen LogP) is 4.51. The standard InChI is InChI=1S/C23H20N2O2S/c1-15-4-6-18(7-5-15)14-25-22(26)20(16(2)21(13-24)23(25)27)12-17-8-10-19(28-3)11-9-17/h4-12H,14H2,1-3H3/b20-12+. The van der Waals surface area contributed by atoms with E-state index in [1.165, 1.54) is 0 Å². The molecule has 4 nitrogen and oxygen atoms in total. The molecule has 1 aliphatic heterocycles. The van der Waals surface area contributed by atoms with Crippen molar-refractivity contribution >= 4 is 29.7 Å². The number of thioether (sulfide) groups is 1. The molecule has 0 unspecified atom stereocenters. The first-order valence-corrected chi connectivity index (χ1v) is 10.1. The number of aryl methyl sites for hydroxylation is 1. The van der Waals surface area contributed by atoms with Crippen LogP contribution in [0.1, 0.15) is 23.6 Å². The molecule has 2 aromatic carbocycles. The van der Waals surface area contributed by atoms with Crippen LogP contribution in [-0.4, -0.2) is 23.0 Å². The maximum atomic E-state index is 13.1. The SMILES string of the molecule is CSc1ccc(/C=C2/C(=O)N(Cc3ccc(C)cc3)C(=O)C(C#N)=C2C)cc1. The molecule has 0 saturated carbocycles. The number of nitriles is 1. The molecule has 3 rings (SSSR count). The van der Waals surface area contributed by atoms with Gasteiger partial charge in [-0.25, -0.2) is 0 Å². The molecule has 0 N–H and O–H groups in total. The molecule has 2 aromatic rings. The average Bonchev–Trinajstić information content (AvgIpc) is 2.71. The largest absolute Gasteiger partial charge is 0.271 e. The summed E-state index contributed by atoms with van der Waals surface area (Å²) in [7, 11) is 0. The molecule has 28 heavy (non-hydrogen) atoms. The summed E-state index contributed by atoms with van der Waals surface area (Å²) in [5, 5.41) is 9.49. The first-order valence-electron chi connectivity index (χ1n) is 8.83. The summed E-state index contributed by atoms with van der Waals surface area (Å²) in [4.78, 5) is 28.1. The fourth-order valence-electron chi connectivity index (χ4n) is 3.02. The Morgan fingerprint density at radius 2 is 1.64 bits per heavy atom. The van der Waals surface area contributed by atoms with E-state index in [1.807, 2.05) is 67.8 Å². The molecular formula is C23H20N2O2S. The van der Waals surface area contributed by atoms with Crippen molar-refractivity contribution in [1.29, 1.82) is 5.26 Å². The van der Waals surface area contributed by atoms with E-state index in [2.05, 4.69) is 0 Å². The van der Waals surface area contributed by atoms with Crippen LogP contribution in [0.3, 0.4) is 0 Å². The molecule has 0 fully saturated rings. The Morgan fingerprint density at radius 3 is 2.21 bits per heavy atom. The van der Waals surface area contributed by atoms with Crippen molar-refractivity contribution in [3.8, 4) is 6.07 Å². The number of carbonyl (C=O) groups is 2. The fraction of sp³-hybridized carbons (Fsp3) is 0.174. The maximum Gasteiger partial charge on any atom is 0.271 e. The lowest BCUT2D eigenvalue weighted by Crippen LogP contribution is -2.42. The number of amides is 2. The number of carbonyl (C=O) groups excluding carboxylic acids is 2. The first-order chi connectivity index (χ1) is 13.4. The molecular weight excluding hydrogens is 368 g/mol. The molecule has 0 atom stereocenters. The molecule has 5 heteroatoms. The van der Waals surface area contributed by atoms with Gasteiger partial charge in [0.15, 0.2) is 0 Å². The van der Waals surface area contributed by atoms with Gasteiger partial charge in [0.1, 0.15) is 11.6 Å². The Hall–Kier alpha value is -3.10. The van der Waals surface area contributed by atoms with Crippen molar-refractivity contribution < 1.29 is 9.59 Å². The maximum absolute atomic E-state index is 13.1. The quantitative estimate of drug-likeness (QED) is 0.439. The molecule has 0 spiro atoms. The average molecular weight is 388 g/mol. The van der Waals surface area contributed by atoms with Crippen molar-refractivity contribution in [3.63, 3.8) is 0 Å². The summed E-state index contributed by atoms with van der Waals surface area (Å²) in [6, 6.07) is 17.4. The summed E-state index contributed by atoms with van der Waals surface area (Å²) >= 11 is 1.64. The molecule has 2 amide bonds. The highest BCUT2D eigenvalue weighted by atomic mass is 32.2. The first kappa shape index (κ1) is 19.7. The van der Waals surface area contributed by atoms with Gasteiger partial charge in [0.25, 0.3) is 11.8 Å². The third-order valence-electron chi connectivity index (χ3n) is 4.71. The lowest BCUT2D eigenvalue weighted by Gasteiger charge is -2.27. The molecule has 0 saturated heterocycles. The molecule has 0 aliphatic carbocycles. The minimum Gasteiger partial charge on any atom is -0.269 e. The Labute approximate surface area is 169 Å². The van der Waals surface area contributed by atoms with Gasteiger partial charge in [0, 0.05) is 10.5 Å². The van der Waals surface area contributed by atoms with Crippen LogP contribution in [0, 0.1) is 18.3 Å². The van der Waals surface area contributed by atoms with E-state index < -0.39 is 5.91 Å². The zero-order valence-corrected chi connectivity index (χ0v) is 16.8. The van der Waals surface area contributed by atoms with Crippen LogP contribution >= 0.6 is 11.8 Å². The molecule has 1 heterocycles. The number of benzene rings is 2. The monoisotopic (exact) mass is 388 g/mol.